The van der Waals surface area contributed by atoms with Crippen molar-refractivity contribution in [2.45, 2.75) is 13.0 Å². The van der Waals surface area contributed by atoms with Crippen molar-refractivity contribution in [2.75, 3.05) is 7.11 Å². The van der Waals surface area contributed by atoms with Crippen molar-refractivity contribution < 1.29 is 23.1 Å². The van der Waals surface area contributed by atoms with E-state index in [4.69, 9.17) is 0 Å². The molecule has 27 heavy (non-hydrogen) atoms. The fourth-order valence-electron chi connectivity index (χ4n) is 2.57. The van der Waals surface area contributed by atoms with Gasteiger partial charge in [0.15, 0.2) is 11.6 Å². The average molecular weight is 374 g/mol. The van der Waals surface area contributed by atoms with E-state index in [0.717, 1.165) is 12.1 Å². The number of nitrogens with one attached hydrogen (secondary N) is 1. The van der Waals surface area contributed by atoms with Crippen LogP contribution in [0.15, 0.2) is 48.9 Å². The summed E-state index contributed by atoms with van der Waals surface area (Å²) in [7, 11) is 1.21. The summed E-state index contributed by atoms with van der Waals surface area (Å²) in [5.74, 6) is -2.52. The lowest BCUT2D eigenvalue weighted by molar-refractivity contribution is -0.142. The molecule has 0 aliphatic carbocycles. The van der Waals surface area contributed by atoms with Crippen LogP contribution in [0.1, 0.15) is 17.3 Å². The van der Waals surface area contributed by atoms with Crippen LogP contribution in [0.2, 0.25) is 0 Å². The van der Waals surface area contributed by atoms with E-state index in [-0.39, 0.29) is 17.1 Å². The molecule has 1 N–H and O–H groups in total. The second-order valence-electron chi connectivity index (χ2n) is 5.70. The van der Waals surface area contributed by atoms with Crippen LogP contribution in [0.25, 0.3) is 11.5 Å². The molecule has 1 aromatic carbocycles. The SMILES string of the molecule is COC(=O)[C@@H](C)NC(=O)c1cnn(-c2ccc(F)cc2F)c1-n1cccc1. The zero-order valence-electron chi connectivity index (χ0n) is 14.5. The maximum atomic E-state index is 14.3. The summed E-state index contributed by atoms with van der Waals surface area (Å²) in [6.45, 7) is 1.48. The molecule has 0 unspecified atom stereocenters. The molecule has 3 rings (SSSR count). The molecular weight excluding hydrogens is 358 g/mol. The highest BCUT2D eigenvalue weighted by atomic mass is 19.1. The summed E-state index contributed by atoms with van der Waals surface area (Å²) in [5, 5.41) is 6.59. The summed E-state index contributed by atoms with van der Waals surface area (Å²) in [4.78, 5) is 24.2. The van der Waals surface area contributed by atoms with E-state index in [1.54, 1.807) is 29.1 Å². The molecule has 0 aliphatic heterocycles. The van der Waals surface area contributed by atoms with Crippen LogP contribution in [0.3, 0.4) is 0 Å². The van der Waals surface area contributed by atoms with Crippen molar-refractivity contribution in [3.63, 3.8) is 0 Å². The van der Waals surface area contributed by atoms with Crippen LogP contribution < -0.4 is 5.32 Å². The fourth-order valence-corrected chi connectivity index (χ4v) is 2.57. The molecule has 0 aliphatic rings. The summed E-state index contributed by atoms with van der Waals surface area (Å²) in [6, 6.07) is 5.61. The molecule has 0 radical (unpaired) electrons. The lowest BCUT2D eigenvalue weighted by atomic mass is 10.2. The fraction of sp³-hybridized carbons (Fsp3) is 0.167. The molecule has 3 aromatic rings. The molecule has 1 amide bonds. The Morgan fingerprint density at radius 1 is 1.22 bits per heavy atom. The van der Waals surface area contributed by atoms with Crippen molar-refractivity contribution in [3.8, 4) is 11.5 Å². The number of carbonyl (C=O) groups is 2. The zero-order valence-corrected chi connectivity index (χ0v) is 14.5. The number of hydrogen-bond donors (Lipinski definition) is 1. The quantitative estimate of drug-likeness (QED) is 0.695. The van der Waals surface area contributed by atoms with Gasteiger partial charge in [0.05, 0.1) is 13.3 Å². The smallest absolute Gasteiger partial charge is 0.328 e. The largest absolute Gasteiger partial charge is 0.467 e. The first kappa shape index (κ1) is 18.3. The lowest BCUT2D eigenvalue weighted by Gasteiger charge is -2.14. The Balaban J connectivity index is 2.07. The predicted molar refractivity (Wildman–Crippen MR) is 91.8 cm³/mol. The molecule has 0 fully saturated rings. The minimum atomic E-state index is -0.883. The first-order valence-electron chi connectivity index (χ1n) is 7.98. The number of ether oxygens (including phenoxy) is 1. The second kappa shape index (κ2) is 7.40. The third-order valence-corrected chi connectivity index (χ3v) is 3.88. The van der Waals surface area contributed by atoms with Crippen LogP contribution >= 0.6 is 0 Å². The number of carbonyl (C=O) groups excluding carboxylic acids is 2. The molecule has 9 heteroatoms. The van der Waals surface area contributed by atoms with Gasteiger partial charge in [-0.1, -0.05) is 0 Å². The van der Waals surface area contributed by atoms with Crippen molar-refractivity contribution in [1.29, 1.82) is 0 Å². The third kappa shape index (κ3) is 3.57. The van der Waals surface area contributed by atoms with E-state index in [1.807, 2.05) is 0 Å². The first-order valence-corrected chi connectivity index (χ1v) is 7.98. The summed E-state index contributed by atoms with van der Waals surface area (Å²) in [6.07, 6.45) is 4.54. The number of hydrogen-bond acceptors (Lipinski definition) is 4. The summed E-state index contributed by atoms with van der Waals surface area (Å²) < 4.78 is 34.8. The van der Waals surface area contributed by atoms with Gasteiger partial charge in [0.25, 0.3) is 5.91 Å². The molecule has 1 atom stereocenters. The van der Waals surface area contributed by atoms with E-state index in [1.165, 1.54) is 31.0 Å². The second-order valence-corrected chi connectivity index (χ2v) is 5.70. The van der Waals surface area contributed by atoms with Crippen LogP contribution in [-0.4, -0.2) is 39.4 Å². The highest BCUT2D eigenvalue weighted by molar-refractivity contribution is 5.99. The molecule has 2 heterocycles. The standard InChI is InChI=1S/C18H16F2N4O3/c1-11(18(26)27-2)22-16(25)13-10-21-24(17(13)23-7-3-4-8-23)15-6-5-12(19)9-14(15)20/h3-11H,1-2H3,(H,22,25)/t11-/m1/s1. The number of rotatable bonds is 5. The Bertz CT molecular complexity index is 983. The third-order valence-electron chi connectivity index (χ3n) is 3.88. The van der Waals surface area contributed by atoms with Gasteiger partial charge in [-0.2, -0.15) is 5.10 Å². The van der Waals surface area contributed by atoms with Crippen molar-refractivity contribution in [2.24, 2.45) is 0 Å². The van der Waals surface area contributed by atoms with Crippen LogP contribution in [0.5, 0.6) is 0 Å². The van der Waals surface area contributed by atoms with Gasteiger partial charge >= 0.3 is 5.97 Å². The summed E-state index contributed by atoms with van der Waals surface area (Å²) >= 11 is 0. The normalized spacial score (nSPS) is 11.9. The molecular formula is C18H16F2N4O3. The van der Waals surface area contributed by atoms with Crippen LogP contribution in [0.4, 0.5) is 8.78 Å². The maximum Gasteiger partial charge on any atom is 0.328 e. The van der Waals surface area contributed by atoms with Gasteiger partial charge in [0.2, 0.25) is 0 Å². The Morgan fingerprint density at radius 3 is 2.56 bits per heavy atom. The van der Waals surface area contributed by atoms with Crippen molar-refractivity contribution in [1.82, 2.24) is 19.7 Å². The topological polar surface area (TPSA) is 78.2 Å². The number of aromatic nitrogens is 3. The van der Waals surface area contributed by atoms with E-state index in [2.05, 4.69) is 15.2 Å². The van der Waals surface area contributed by atoms with Crippen LogP contribution in [-0.2, 0) is 9.53 Å². The zero-order chi connectivity index (χ0) is 19.6. The predicted octanol–water partition coefficient (Wildman–Crippen LogP) is 2.23. The van der Waals surface area contributed by atoms with Crippen LogP contribution in [0, 0.1) is 11.6 Å². The number of methoxy groups -OCH3 is 1. The maximum absolute atomic E-state index is 14.3. The Kier molecular flexibility index (Phi) is 5.02. The Morgan fingerprint density at radius 2 is 1.93 bits per heavy atom. The van der Waals surface area contributed by atoms with E-state index >= 15 is 0 Å². The molecule has 0 saturated heterocycles. The Labute approximate surface area is 153 Å². The van der Waals surface area contributed by atoms with Gasteiger partial charge in [-0.15, -0.1) is 0 Å². The van der Waals surface area contributed by atoms with Gasteiger partial charge < -0.3 is 14.6 Å². The number of esters is 1. The number of halogens is 2. The average Bonchev–Trinajstić information content (AvgIpc) is 3.30. The lowest BCUT2D eigenvalue weighted by Crippen LogP contribution is -2.39. The van der Waals surface area contributed by atoms with E-state index in [0.29, 0.717) is 0 Å². The molecule has 0 spiro atoms. The van der Waals surface area contributed by atoms with Gasteiger partial charge in [-0.3, -0.25) is 4.79 Å². The Hall–Kier alpha value is -3.49. The summed E-state index contributed by atoms with van der Waals surface area (Å²) in [5.41, 5.74) is 0.0749. The first-order chi connectivity index (χ1) is 12.9. The molecule has 7 nitrogen and oxygen atoms in total. The van der Waals surface area contributed by atoms with Gasteiger partial charge in [-0.05, 0) is 31.2 Å². The number of amides is 1. The highest BCUT2D eigenvalue weighted by Gasteiger charge is 2.24. The molecule has 0 saturated carbocycles. The van der Waals surface area contributed by atoms with E-state index in [9.17, 15) is 18.4 Å². The van der Waals surface area contributed by atoms with Gasteiger partial charge in [-0.25, -0.2) is 18.3 Å². The molecule has 2 aromatic heterocycles. The van der Waals surface area contributed by atoms with Gasteiger partial charge in [0.1, 0.15) is 23.1 Å². The molecule has 140 valence electrons. The van der Waals surface area contributed by atoms with Crippen molar-refractivity contribution >= 4 is 11.9 Å². The van der Waals surface area contributed by atoms with Gasteiger partial charge in [0, 0.05) is 18.5 Å². The number of benzene rings is 1. The van der Waals surface area contributed by atoms with Crippen molar-refractivity contribution in [3.05, 3.63) is 66.1 Å². The highest BCUT2D eigenvalue weighted by Crippen LogP contribution is 2.22. The minimum absolute atomic E-state index is 0.0276. The van der Waals surface area contributed by atoms with E-state index < -0.39 is 29.6 Å². The monoisotopic (exact) mass is 374 g/mol. The minimum Gasteiger partial charge on any atom is -0.467 e. The molecule has 0 bridgehead atoms. The number of nitrogens with zero attached hydrogens (tertiary/aromatic N) is 3.